The van der Waals surface area contributed by atoms with Gasteiger partial charge in [0.05, 0.1) is 0 Å². The van der Waals surface area contributed by atoms with E-state index in [1.54, 1.807) is 13.8 Å². The Hall–Kier alpha value is 1.16. The molecule has 0 aliphatic carbocycles. The summed E-state index contributed by atoms with van der Waals surface area (Å²) >= 11 is -1.73. The molecule has 0 unspecified atom stereocenters. The molecule has 0 aromatic rings. The molecule has 12 heteroatoms. The SMILES string of the molecule is CCO[Si](OCC)(OCC)OCC.CC[O-].CC[O-].CC[O][Al]([O]CC)[O]CC.[Mg+2]. The van der Waals surface area contributed by atoms with Gasteiger partial charge in [-0.3, -0.25) is 0 Å². The molecule has 0 bridgehead atoms. The largest absolute Gasteiger partial charge is 2.00 e. The van der Waals surface area contributed by atoms with Gasteiger partial charge in [-0.2, -0.15) is 0 Å². The average Bonchev–Trinajstić information content (AvgIpc) is 2.65. The molecule has 30 heavy (non-hydrogen) atoms. The van der Waals surface area contributed by atoms with Crippen LogP contribution in [0.2, 0.25) is 0 Å². The third-order valence-corrected chi connectivity index (χ3v) is 6.58. The van der Waals surface area contributed by atoms with Crippen molar-refractivity contribution in [3.05, 3.63) is 0 Å². The van der Waals surface area contributed by atoms with Crippen molar-refractivity contribution in [1.29, 1.82) is 0 Å². The molecule has 180 valence electrons. The quantitative estimate of drug-likeness (QED) is 0.333. The molecule has 0 aliphatic rings. The van der Waals surface area contributed by atoms with E-state index in [0.717, 1.165) is 0 Å². The van der Waals surface area contributed by atoms with Crippen LogP contribution < -0.4 is 10.2 Å². The average molecular weight is 485 g/mol. The van der Waals surface area contributed by atoms with Gasteiger partial charge in [-0.25, -0.2) is 0 Å². The molecule has 9 nitrogen and oxygen atoms in total. The first kappa shape index (κ1) is 41.4. The standard InChI is InChI=1S/C8H20O4Si.5C2H5O.Al.Mg/c1-5-9-13(10-6-2,11-7-3)12-8-4;5*1-2-3;;/h5-8H2,1-4H3;5*2H2,1H3;;/q;5*-1;+3;+2. The van der Waals surface area contributed by atoms with Crippen LogP contribution >= 0.6 is 0 Å². The molecule has 0 aliphatic heterocycles. The maximum atomic E-state index is 8.93. The van der Waals surface area contributed by atoms with Crippen LogP contribution in [-0.2, 0) is 29.1 Å². The molecule has 0 aromatic heterocycles. The zero-order chi connectivity index (χ0) is 23.4. The number of rotatable bonds is 14. The number of hydrogen-bond acceptors (Lipinski definition) is 9. The van der Waals surface area contributed by atoms with Crippen molar-refractivity contribution in [2.24, 2.45) is 0 Å². The zero-order valence-corrected chi connectivity index (χ0v) is 24.4. The van der Waals surface area contributed by atoms with Crippen molar-refractivity contribution >= 4 is 47.3 Å². The van der Waals surface area contributed by atoms with Crippen LogP contribution in [0.5, 0.6) is 0 Å². The molecule has 0 radical (unpaired) electrons. The van der Waals surface area contributed by atoms with Crippen LogP contribution in [0.3, 0.4) is 0 Å². The van der Waals surface area contributed by atoms with Crippen LogP contribution in [0.25, 0.3) is 0 Å². The second-order valence-electron chi connectivity index (χ2n) is 4.46. The molecule has 0 aromatic carbocycles. The predicted octanol–water partition coefficient (Wildman–Crippen LogP) is 1.00. The molecule has 0 amide bonds. The zero-order valence-electron chi connectivity index (χ0n) is 20.8. The summed E-state index contributed by atoms with van der Waals surface area (Å²) in [5, 5.41) is 17.9. The Morgan fingerprint density at radius 2 is 0.700 bits per heavy atom. The van der Waals surface area contributed by atoms with Gasteiger partial charge < -0.3 is 39.3 Å². The maximum Gasteiger partial charge on any atom is 2.00 e. The molecule has 0 rings (SSSR count). The number of hydrogen-bond donors (Lipinski definition) is 0. The third-order valence-electron chi connectivity index (χ3n) is 2.19. The van der Waals surface area contributed by atoms with Gasteiger partial charge in [-0.1, -0.05) is 13.8 Å². The summed E-state index contributed by atoms with van der Waals surface area (Å²) in [4.78, 5) is 0. The van der Waals surface area contributed by atoms with Gasteiger partial charge in [-0.15, -0.1) is 13.2 Å². The molecule has 0 saturated heterocycles. The fourth-order valence-electron chi connectivity index (χ4n) is 1.51. The third kappa shape index (κ3) is 33.8. The molecule has 0 heterocycles. The Bertz CT molecular complexity index is 228. The summed E-state index contributed by atoms with van der Waals surface area (Å²) in [5.74, 6) is 0. The van der Waals surface area contributed by atoms with E-state index in [-0.39, 0.29) is 36.3 Å². The first-order chi connectivity index (χ1) is 13.9. The van der Waals surface area contributed by atoms with Crippen molar-refractivity contribution < 1.29 is 39.3 Å². The van der Waals surface area contributed by atoms with E-state index < -0.39 is 24.2 Å². The summed E-state index contributed by atoms with van der Waals surface area (Å²) in [7, 11) is -2.80. The summed E-state index contributed by atoms with van der Waals surface area (Å²) in [6.45, 7) is 20.8. The van der Waals surface area contributed by atoms with Crippen molar-refractivity contribution in [1.82, 2.24) is 0 Å². The minimum absolute atomic E-state index is 0. The van der Waals surface area contributed by atoms with Gasteiger partial charge in [-0.05, 0) is 48.5 Å². The molecule has 0 atom stereocenters. The topological polar surface area (TPSA) is 111 Å². The monoisotopic (exact) mass is 484 g/mol. The van der Waals surface area contributed by atoms with Gasteiger partial charge in [0, 0.05) is 46.2 Å². The van der Waals surface area contributed by atoms with Crippen LogP contribution in [0, 0.1) is 0 Å². The van der Waals surface area contributed by atoms with E-state index in [2.05, 4.69) is 0 Å². The van der Waals surface area contributed by atoms with Crippen molar-refractivity contribution in [2.75, 3.05) is 59.5 Å². The van der Waals surface area contributed by atoms with Crippen LogP contribution in [-0.4, -0.2) is 107 Å². The summed E-state index contributed by atoms with van der Waals surface area (Å²) in [6, 6.07) is 0. The fraction of sp³-hybridized carbons (Fsp3) is 1.00. The van der Waals surface area contributed by atoms with Crippen LogP contribution in [0.4, 0.5) is 0 Å². The Balaban J connectivity index is -0.000000109. The second-order valence-corrected chi connectivity index (χ2v) is 8.20. The first-order valence-electron chi connectivity index (χ1n) is 10.5. The van der Waals surface area contributed by atoms with Crippen molar-refractivity contribution in [2.45, 2.75) is 62.3 Å². The predicted molar refractivity (Wildman–Crippen MR) is 120 cm³/mol. The Morgan fingerprint density at radius 3 is 0.833 bits per heavy atom. The molecule has 0 saturated carbocycles. The van der Waals surface area contributed by atoms with E-state index in [1.165, 1.54) is 0 Å². The minimum atomic E-state index is -2.80. The molecule has 0 fully saturated rings. The molecular weight excluding hydrogens is 440 g/mol. The van der Waals surface area contributed by atoms with E-state index >= 15 is 0 Å². The van der Waals surface area contributed by atoms with Gasteiger partial charge >= 0.3 is 47.3 Å². The Kier molecular flexibility index (Phi) is 51.7. The first-order valence-corrected chi connectivity index (χ1v) is 13.5. The Labute approximate surface area is 207 Å². The summed E-state index contributed by atoms with van der Waals surface area (Å²) in [5.41, 5.74) is 0. The van der Waals surface area contributed by atoms with Crippen LogP contribution in [0.1, 0.15) is 62.3 Å². The molecule has 0 spiro atoms. The minimum Gasteiger partial charge on any atom is -0.855 e. The second kappa shape index (κ2) is 37.5. The molecule has 0 N–H and O–H groups in total. The van der Waals surface area contributed by atoms with Gasteiger partial charge in [0.25, 0.3) is 0 Å². The van der Waals surface area contributed by atoms with Crippen molar-refractivity contribution in [3.8, 4) is 0 Å². The van der Waals surface area contributed by atoms with Gasteiger partial charge in [0.15, 0.2) is 0 Å². The van der Waals surface area contributed by atoms with E-state index in [1.807, 2.05) is 48.5 Å². The maximum absolute atomic E-state index is 8.93. The van der Waals surface area contributed by atoms with E-state index in [4.69, 9.17) is 39.3 Å². The Morgan fingerprint density at radius 1 is 0.500 bits per heavy atom. The smallest absolute Gasteiger partial charge is 0.855 e. The molecular formula is C18H45AlMgO9Si. The van der Waals surface area contributed by atoms with Gasteiger partial charge in [0.2, 0.25) is 0 Å². The summed E-state index contributed by atoms with van der Waals surface area (Å²) in [6.07, 6.45) is 0. The summed E-state index contributed by atoms with van der Waals surface area (Å²) < 4.78 is 37.3. The van der Waals surface area contributed by atoms with Gasteiger partial charge in [0.1, 0.15) is 0 Å². The normalized spacial score (nSPS) is 9.70. The van der Waals surface area contributed by atoms with E-state index in [9.17, 15) is 0 Å². The van der Waals surface area contributed by atoms with Crippen molar-refractivity contribution in [3.63, 3.8) is 0 Å². The fourth-order valence-corrected chi connectivity index (χ4v) is 4.53. The van der Waals surface area contributed by atoms with Crippen LogP contribution in [0.15, 0.2) is 0 Å². The van der Waals surface area contributed by atoms with E-state index in [0.29, 0.717) is 46.2 Å².